The minimum absolute atomic E-state index is 0.287. The molecule has 0 radical (unpaired) electrons. The highest BCUT2D eigenvalue weighted by atomic mass is 16.5. The smallest absolute Gasteiger partial charge is 0.328 e. The second-order valence-electron chi connectivity index (χ2n) is 4.28. The lowest BCUT2D eigenvalue weighted by molar-refractivity contribution is -0.147. The Hall–Kier alpha value is -1.88. The second kappa shape index (κ2) is 7.53. The van der Waals surface area contributed by atoms with Crippen LogP contribution in [-0.2, 0) is 20.7 Å². The van der Waals surface area contributed by atoms with Crippen LogP contribution in [0.2, 0.25) is 0 Å². The fourth-order valence-corrected chi connectivity index (χ4v) is 1.61. The molecule has 1 amide bonds. The number of amides is 1. The van der Waals surface area contributed by atoms with Gasteiger partial charge in [-0.05, 0) is 25.8 Å². The number of carbonyl (C=O) groups is 2. The zero-order valence-electron chi connectivity index (χ0n) is 11.3. The lowest BCUT2D eigenvalue weighted by Gasteiger charge is -2.16. The molecule has 0 saturated heterocycles. The number of esters is 1. The molecule has 1 rings (SSSR count). The molecule has 5 nitrogen and oxygen atoms in total. The number of hydrogen-bond donors (Lipinski definition) is 2. The van der Waals surface area contributed by atoms with Gasteiger partial charge in [0.2, 0.25) is 5.91 Å². The molecule has 0 aromatic heterocycles. The third-order valence-electron chi connectivity index (χ3n) is 2.63. The van der Waals surface area contributed by atoms with Crippen LogP contribution in [-0.4, -0.2) is 30.6 Å². The summed E-state index contributed by atoms with van der Waals surface area (Å²) >= 11 is 0. The highest BCUT2D eigenvalue weighted by Gasteiger charge is 2.20. The highest BCUT2D eigenvalue weighted by Crippen LogP contribution is 2.02. The molecule has 0 saturated carbocycles. The molecule has 3 N–H and O–H groups in total. The summed E-state index contributed by atoms with van der Waals surface area (Å²) in [6.07, 6.45) is 0.433. The average Bonchev–Trinajstić information content (AvgIpc) is 2.40. The first kappa shape index (κ1) is 15.2. The van der Waals surface area contributed by atoms with Crippen molar-refractivity contribution in [2.75, 3.05) is 6.61 Å². The first-order valence-corrected chi connectivity index (χ1v) is 6.31. The Morgan fingerprint density at radius 3 is 2.53 bits per heavy atom. The number of ether oxygens (including phenoxy) is 1. The van der Waals surface area contributed by atoms with Crippen LogP contribution in [0.1, 0.15) is 19.4 Å². The normalized spacial score (nSPS) is 13.4. The number of nitrogens with two attached hydrogens (primary N) is 1. The summed E-state index contributed by atoms with van der Waals surface area (Å²) in [7, 11) is 0. The Balaban J connectivity index is 2.47. The predicted molar refractivity (Wildman–Crippen MR) is 72.4 cm³/mol. The van der Waals surface area contributed by atoms with Crippen molar-refractivity contribution in [1.29, 1.82) is 0 Å². The Kier molecular flexibility index (Phi) is 6.02. The molecule has 1 aromatic rings. The van der Waals surface area contributed by atoms with Gasteiger partial charge in [-0.25, -0.2) is 4.79 Å². The van der Waals surface area contributed by atoms with Crippen molar-refractivity contribution >= 4 is 11.9 Å². The van der Waals surface area contributed by atoms with Gasteiger partial charge in [-0.3, -0.25) is 4.79 Å². The van der Waals surface area contributed by atoms with Crippen LogP contribution in [0.25, 0.3) is 0 Å². The van der Waals surface area contributed by atoms with Gasteiger partial charge in [-0.2, -0.15) is 0 Å². The Morgan fingerprint density at radius 1 is 1.32 bits per heavy atom. The van der Waals surface area contributed by atoms with Crippen LogP contribution in [0.4, 0.5) is 0 Å². The van der Waals surface area contributed by atoms with E-state index in [1.165, 1.54) is 0 Å². The summed E-state index contributed by atoms with van der Waals surface area (Å²) in [6.45, 7) is 3.58. The molecule has 0 fully saturated rings. The molecule has 0 unspecified atom stereocenters. The van der Waals surface area contributed by atoms with E-state index >= 15 is 0 Å². The Labute approximate surface area is 113 Å². The van der Waals surface area contributed by atoms with E-state index in [1.54, 1.807) is 13.8 Å². The van der Waals surface area contributed by atoms with Gasteiger partial charge in [0, 0.05) is 0 Å². The lowest BCUT2D eigenvalue weighted by Crippen LogP contribution is -2.48. The summed E-state index contributed by atoms with van der Waals surface area (Å²) in [5.41, 5.74) is 6.79. The molecular weight excluding hydrogens is 244 g/mol. The molecule has 0 aliphatic heterocycles. The first-order valence-electron chi connectivity index (χ1n) is 6.31. The third kappa shape index (κ3) is 5.09. The van der Waals surface area contributed by atoms with E-state index in [1.807, 2.05) is 30.3 Å². The van der Waals surface area contributed by atoms with Crippen molar-refractivity contribution in [2.45, 2.75) is 32.4 Å². The largest absolute Gasteiger partial charge is 0.464 e. The Bertz CT molecular complexity index is 420. The van der Waals surface area contributed by atoms with Crippen molar-refractivity contribution in [3.8, 4) is 0 Å². The van der Waals surface area contributed by atoms with E-state index in [0.29, 0.717) is 6.42 Å². The molecule has 1 aromatic carbocycles. The van der Waals surface area contributed by atoms with Crippen molar-refractivity contribution in [3.05, 3.63) is 35.9 Å². The number of rotatable bonds is 6. The molecule has 0 heterocycles. The maximum atomic E-state index is 11.8. The van der Waals surface area contributed by atoms with Gasteiger partial charge in [0.15, 0.2) is 0 Å². The van der Waals surface area contributed by atoms with Crippen LogP contribution in [0, 0.1) is 0 Å². The molecule has 0 aliphatic rings. The van der Waals surface area contributed by atoms with Gasteiger partial charge in [0.1, 0.15) is 6.04 Å². The lowest BCUT2D eigenvalue weighted by atomic mass is 10.1. The Morgan fingerprint density at radius 2 is 1.95 bits per heavy atom. The van der Waals surface area contributed by atoms with E-state index < -0.39 is 18.1 Å². The van der Waals surface area contributed by atoms with Gasteiger partial charge >= 0.3 is 5.97 Å². The maximum Gasteiger partial charge on any atom is 0.328 e. The van der Waals surface area contributed by atoms with E-state index in [4.69, 9.17) is 10.5 Å². The van der Waals surface area contributed by atoms with Crippen LogP contribution in [0.5, 0.6) is 0 Å². The molecule has 19 heavy (non-hydrogen) atoms. The maximum absolute atomic E-state index is 11.8. The van der Waals surface area contributed by atoms with E-state index in [0.717, 1.165) is 5.56 Å². The summed E-state index contributed by atoms with van der Waals surface area (Å²) in [6, 6.07) is 8.12. The summed E-state index contributed by atoms with van der Waals surface area (Å²) in [5, 5.41) is 2.55. The minimum atomic E-state index is -0.686. The molecule has 2 atom stereocenters. The van der Waals surface area contributed by atoms with Crippen molar-refractivity contribution in [1.82, 2.24) is 5.32 Å². The molecular formula is C14H20N2O3. The van der Waals surface area contributed by atoms with Gasteiger partial charge in [-0.15, -0.1) is 0 Å². The fourth-order valence-electron chi connectivity index (χ4n) is 1.61. The van der Waals surface area contributed by atoms with Gasteiger partial charge in [-0.1, -0.05) is 30.3 Å². The second-order valence-corrected chi connectivity index (χ2v) is 4.28. The molecule has 0 aliphatic carbocycles. The molecule has 0 spiro atoms. The van der Waals surface area contributed by atoms with Gasteiger partial charge in [0.25, 0.3) is 0 Å². The van der Waals surface area contributed by atoms with Gasteiger partial charge < -0.3 is 15.8 Å². The first-order chi connectivity index (χ1) is 9.04. The van der Waals surface area contributed by atoms with Crippen LogP contribution >= 0.6 is 0 Å². The monoisotopic (exact) mass is 264 g/mol. The van der Waals surface area contributed by atoms with E-state index in [2.05, 4.69) is 5.32 Å². The molecule has 5 heteroatoms. The predicted octanol–water partition coefficient (Wildman–Crippen LogP) is 0.624. The van der Waals surface area contributed by atoms with E-state index in [9.17, 15) is 9.59 Å². The minimum Gasteiger partial charge on any atom is -0.464 e. The third-order valence-corrected chi connectivity index (χ3v) is 2.63. The zero-order chi connectivity index (χ0) is 14.3. The number of hydrogen-bond acceptors (Lipinski definition) is 4. The fraction of sp³-hybridized carbons (Fsp3) is 0.429. The summed E-state index contributed by atoms with van der Waals surface area (Å²) in [5.74, 6) is -0.813. The average molecular weight is 264 g/mol. The highest BCUT2D eigenvalue weighted by molar-refractivity contribution is 5.87. The molecule has 0 bridgehead atoms. The number of benzene rings is 1. The summed E-state index contributed by atoms with van der Waals surface area (Å²) < 4.78 is 4.81. The molecule has 104 valence electrons. The van der Waals surface area contributed by atoms with Crippen LogP contribution in [0.3, 0.4) is 0 Å². The van der Waals surface area contributed by atoms with Gasteiger partial charge in [0.05, 0.1) is 12.6 Å². The van der Waals surface area contributed by atoms with Crippen molar-refractivity contribution in [2.24, 2.45) is 5.73 Å². The number of nitrogens with one attached hydrogen (secondary N) is 1. The number of carbonyl (C=O) groups excluding carboxylic acids is 2. The van der Waals surface area contributed by atoms with Crippen molar-refractivity contribution in [3.63, 3.8) is 0 Å². The van der Waals surface area contributed by atoms with Crippen LogP contribution in [0.15, 0.2) is 30.3 Å². The van der Waals surface area contributed by atoms with Crippen LogP contribution < -0.4 is 11.1 Å². The standard InChI is InChI=1S/C14H20N2O3/c1-3-19-14(18)10(2)16-13(17)12(15)9-11-7-5-4-6-8-11/h4-8,10,12H,3,9,15H2,1-2H3,(H,16,17)/t10-,12-/m0/s1. The zero-order valence-corrected chi connectivity index (χ0v) is 11.3. The SMILES string of the molecule is CCOC(=O)[C@H](C)NC(=O)[C@@H](N)Cc1ccccc1. The van der Waals surface area contributed by atoms with Crippen molar-refractivity contribution < 1.29 is 14.3 Å². The van der Waals surface area contributed by atoms with E-state index in [-0.39, 0.29) is 12.5 Å². The topological polar surface area (TPSA) is 81.4 Å². The summed E-state index contributed by atoms with van der Waals surface area (Å²) in [4.78, 5) is 23.2. The quantitative estimate of drug-likeness (QED) is 0.738.